The van der Waals surface area contributed by atoms with Crippen molar-refractivity contribution in [3.63, 3.8) is 0 Å². The van der Waals surface area contributed by atoms with Gasteiger partial charge in [0.25, 0.3) is 0 Å². The van der Waals surface area contributed by atoms with Crippen molar-refractivity contribution in [3.05, 3.63) is 22.7 Å². The molecule has 0 N–H and O–H groups in total. The van der Waals surface area contributed by atoms with E-state index in [9.17, 15) is 4.79 Å². The SMILES string of the molecule is COc1cc(CCCC(=O)C(C)C)c(OC)cc1Cl. The van der Waals surface area contributed by atoms with E-state index >= 15 is 0 Å². The van der Waals surface area contributed by atoms with E-state index < -0.39 is 0 Å². The smallest absolute Gasteiger partial charge is 0.137 e. The number of hydrogen-bond acceptors (Lipinski definition) is 3. The molecule has 1 aromatic rings. The minimum absolute atomic E-state index is 0.0987. The Morgan fingerprint density at radius 3 is 2.37 bits per heavy atom. The van der Waals surface area contributed by atoms with Crippen LogP contribution in [0.5, 0.6) is 11.5 Å². The largest absolute Gasteiger partial charge is 0.496 e. The molecule has 4 heteroatoms. The fraction of sp³-hybridized carbons (Fsp3) is 0.533. The van der Waals surface area contributed by atoms with Crippen LogP contribution in [0.4, 0.5) is 0 Å². The molecule has 1 rings (SSSR count). The van der Waals surface area contributed by atoms with Crippen LogP contribution < -0.4 is 9.47 Å². The lowest BCUT2D eigenvalue weighted by atomic mass is 10.0. The number of methoxy groups -OCH3 is 2. The Morgan fingerprint density at radius 2 is 1.84 bits per heavy atom. The van der Waals surface area contributed by atoms with Gasteiger partial charge in [-0.2, -0.15) is 0 Å². The summed E-state index contributed by atoms with van der Waals surface area (Å²) in [5.74, 6) is 1.76. The van der Waals surface area contributed by atoms with E-state index in [-0.39, 0.29) is 5.92 Å². The molecule has 0 amide bonds. The fourth-order valence-electron chi connectivity index (χ4n) is 1.86. The van der Waals surface area contributed by atoms with E-state index in [0.29, 0.717) is 23.0 Å². The van der Waals surface area contributed by atoms with Crippen molar-refractivity contribution in [1.82, 2.24) is 0 Å². The van der Waals surface area contributed by atoms with Gasteiger partial charge in [0.15, 0.2) is 0 Å². The molecule has 106 valence electrons. The topological polar surface area (TPSA) is 35.5 Å². The average Bonchev–Trinajstić information content (AvgIpc) is 2.39. The average molecular weight is 285 g/mol. The number of Topliss-reactive ketones (excluding diaryl/α,β-unsaturated/α-hetero) is 1. The highest BCUT2D eigenvalue weighted by atomic mass is 35.5. The van der Waals surface area contributed by atoms with Gasteiger partial charge in [0.2, 0.25) is 0 Å². The third-order valence-corrected chi connectivity index (χ3v) is 3.36. The monoisotopic (exact) mass is 284 g/mol. The Bertz CT molecular complexity index is 441. The third-order valence-electron chi connectivity index (χ3n) is 3.07. The van der Waals surface area contributed by atoms with Crippen molar-refractivity contribution in [3.8, 4) is 11.5 Å². The Morgan fingerprint density at radius 1 is 1.21 bits per heavy atom. The standard InChI is InChI=1S/C15H21ClO3/c1-10(2)13(17)7-5-6-11-8-15(19-4)12(16)9-14(11)18-3/h8-10H,5-7H2,1-4H3. The van der Waals surface area contributed by atoms with Gasteiger partial charge in [-0.05, 0) is 24.5 Å². The fourth-order valence-corrected chi connectivity index (χ4v) is 2.09. The summed E-state index contributed by atoms with van der Waals surface area (Å²) in [5.41, 5.74) is 1.01. The Kier molecular flexibility index (Phi) is 6.16. The van der Waals surface area contributed by atoms with Gasteiger partial charge in [0, 0.05) is 18.4 Å². The molecular formula is C15H21ClO3. The maximum Gasteiger partial charge on any atom is 0.137 e. The molecule has 0 aliphatic carbocycles. The van der Waals surface area contributed by atoms with Crippen LogP contribution >= 0.6 is 11.6 Å². The summed E-state index contributed by atoms with van der Waals surface area (Å²) in [4.78, 5) is 11.6. The van der Waals surface area contributed by atoms with E-state index in [1.54, 1.807) is 20.3 Å². The molecule has 0 spiro atoms. The molecule has 0 radical (unpaired) electrons. The molecule has 0 heterocycles. The molecule has 0 aliphatic heterocycles. The highest BCUT2D eigenvalue weighted by Crippen LogP contribution is 2.33. The summed E-state index contributed by atoms with van der Waals surface area (Å²) in [5, 5.41) is 0.529. The predicted octanol–water partition coefficient (Wildman–Crippen LogP) is 3.91. The summed E-state index contributed by atoms with van der Waals surface area (Å²) in [6, 6.07) is 3.63. The summed E-state index contributed by atoms with van der Waals surface area (Å²) in [6.07, 6.45) is 2.17. The third kappa shape index (κ3) is 4.43. The number of benzene rings is 1. The van der Waals surface area contributed by atoms with E-state index in [0.717, 1.165) is 24.2 Å². The summed E-state index contributed by atoms with van der Waals surface area (Å²) in [7, 11) is 3.20. The van der Waals surface area contributed by atoms with E-state index in [1.807, 2.05) is 19.9 Å². The van der Waals surface area contributed by atoms with Gasteiger partial charge in [0.1, 0.15) is 17.3 Å². The second-order valence-corrected chi connectivity index (χ2v) is 5.18. The lowest BCUT2D eigenvalue weighted by Gasteiger charge is -2.12. The van der Waals surface area contributed by atoms with Crippen molar-refractivity contribution >= 4 is 17.4 Å². The minimum Gasteiger partial charge on any atom is -0.496 e. The van der Waals surface area contributed by atoms with Crippen molar-refractivity contribution in [2.24, 2.45) is 5.92 Å². The van der Waals surface area contributed by atoms with Gasteiger partial charge in [0.05, 0.1) is 19.2 Å². The summed E-state index contributed by atoms with van der Waals surface area (Å²) in [6.45, 7) is 3.85. The lowest BCUT2D eigenvalue weighted by Crippen LogP contribution is -2.07. The highest BCUT2D eigenvalue weighted by Gasteiger charge is 2.11. The van der Waals surface area contributed by atoms with Crippen LogP contribution in [-0.4, -0.2) is 20.0 Å². The van der Waals surface area contributed by atoms with Crippen LogP contribution in [0.2, 0.25) is 5.02 Å². The molecule has 0 bridgehead atoms. The quantitative estimate of drug-likeness (QED) is 0.762. The molecule has 0 aromatic heterocycles. The van der Waals surface area contributed by atoms with Gasteiger partial charge < -0.3 is 9.47 Å². The maximum absolute atomic E-state index is 11.6. The van der Waals surface area contributed by atoms with Gasteiger partial charge in [-0.25, -0.2) is 0 Å². The van der Waals surface area contributed by atoms with E-state index in [4.69, 9.17) is 21.1 Å². The molecule has 1 aromatic carbocycles. The highest BCUT2D eigenvalue weighted by molar-refractivity contribution is 6.32. The van der Waals surface area contributed by atoms with E-state index in [1.165, 1.54) is 0 Å². The first kappa shape index (κ1) is 15.8. The number of rotatable bonds is 7. The molecule has 19 heavy (non-hydrogen) atoms. The summed E-state index contributed by atoms with van der Waals surface area (Å²) < 4.78 is 10.5. The lowest BCUT2D eigenvalue weighted by molar-refractivity contribution is -0.121. The normalized spacial score (nSPS) is 10.6. The van der Waals surface area contributed by atoms with Crippen molar-refractivity contribution in [2.45, 2.75) is 33.1 Å². The number of carbonyl (C=O) groups excluding carboxylic acids is 1. The molecular weight excluding hydrogens is 264 g/mol. The zero-order valence-corrected chi connectivity index (χ0v) is 12.7. The molecule has 0 aliphatic rings. The van der Waals surface area contributed by atoms with E-state index in [2.05, 4.69) is 0 Å². The Hall–Kier alpha value is -1.22. The first-order valence-corrected chi connectivity index (χ1v) is 6.80. The molecule has 0 saturated carbocycles. The Balaban J connectivity index is 2.74. The van der Waals surface area contributed by atoms with Gasteiger partial charge in [-0.3, -0.25) is 4.79 Å². The number of aryl methyl sites for hydroxylation is 1. The number of carbonyl (C=O) groups is 1. The number of ether oxygens (including phenoxy) is 2. The predicted molar refractivity (Wildman–Crippen MR) is 77.3 cm³/mol. The molecule has 3 nitrogen and oxygen atoms in total. The summed E-state index contributed by atoms with van der Waals surface area (Å²) >= 11 is 6.05. The maximum atomic E-state index is 11.6. The van der Waals surface area contributed by atoms with Crippen molar-refractivity contribution in [1.29, 1.82) is 0 Å². The zero-order chi connectivity index (χ0) is 14.4. The molecule has 0 fully saturated rings. The van der Waals surface area contributed by atoms with Crippen LogP contribution in [-0.2, 0) is 11.2 Å². The van der Waals surface area contributed by atoms with Gasteiger partial charge in [-0.15, -0.1) is 0 Å². The second-order valence-electron chi connectivity index (χ2n) is 4.77. The van der Waals surface area contributed by atoms with Crippen LogP contribution in [0.3, 0.4) is 0 Å². The minimum atomic E-state index is 0.0987. The first-order chi connectivity index (χ1) is 8.99. The zero-order valence-electron chi connectivity index (χ0n) is 12.0. The molecule has 0 unspecified atom stereocenters. The van der Waals surface area contributed by atoms with Gasteiger partial charge >= 0.3 is 0 Å². The molecule has 0 atom stereocenters. The second kappa shape index (κ2) is 7.39. The Labute approximate surface area is 119 Å². The number of ketones is 1. The van der Waals surface area contributed by atoms with Crippen LogP contribution in [0, 0.1) is 5.92 Å². The first-order valence-electron chi connectivity index (χ1n) is 6.42. The number of hydrogen-bond donors (Lipinski definition) is 0. The van der Waals surface area contributed by atoms with Gasteiger partial charge in [-0.1, -0.05) is 25.4 Å². The molecule has 0 saturated heterocycles. The number of halogens is 1. The van der Waals surface area contributed by atoms with Crippen molar-refractivity contribution < 1.29 is 14.3 Å². The van der Waals surface area contributed by atoms with Crippen LogP contribution in [0.15, 0.2) is 12.1 Å². The van der Waals surface area contributed by atoms with Crippen LogP contribution in [0.1, 0.15) is 32.3 Å². The van der Waals surface area contributed by atoms with Crippen molar-refractivity contribution in [2.75, 3.05) is 14.2 Å². The van der Waals surface area contributed by atoms with Crippen LogP contribution in [0.25, 0.3) is 0 Å².